The van der Waals surface area contributed by atoms with Crippen LogP contribution >= 0.6 is 23.8 Å². The van der Waals surface area contributed by atoms with Crippen molar-refractivity contribution in [3.63, 3.8) is 0 Å². The highest BCUT2D eigenvalue weighted by Gasteiger charge is 2.31. The van der Waals surface area contributed by atoms with Crippen LogP contribution in [0.3, 0.4) is 0 Å². The smallest absolute Gasteiger partial charge is 0.416 e. The van der Waals surface area contributed by atoms with Crippen LogP contribution in [0.5, 0.6) is 5.75 Å². The molecule has 1 aliphatic rings. The zero-order valence-electron chi connectivity index (χ0n) is 18.3. The largest absolute Gasteiger partial charge is 0.497 e. The van der Waals surface area contributed by atoms with Crippen molar-refractivity contribution < 1.29 is 22.6 Å². The van der Waals surface area contributed by atoms with Crippen LogP contribution in [-0.2, 0) is 17.5 Å². The Bertz CT molecular complexity index is 922. The van der Waals surface area contributed by atoms with Crippen LogP contribution in [0.1, 0.15) is 17.5 Å². The molecule has 1 fully saturated rings. The number of nitrogens with zero attached hydrogens (tertiary/aromatic N) is 2. The average Bonchev–Trinajstić information content (AvgIpc) is 2.80. The summed E-state index contributed by atoms with van der Waals surface area (Å²) in [6.45, 7) is 5.41. The summed E-state index contributed by atoms with van der Waals surface area (Å²) < 4.78 is 49.4. The quantitative estimate of drug-likeness (QED) is 0.495. The van der Waals surface area contributed by atoms with E-state index in [-0.39, 0.29) is 5.02 Å². The van der Waals surface area contributed by atoms with Crippen LogP contribution in [-0.4, -0.2) is 61.4 Å². The first-order valence-electron chi connectivity index (χ1n) is 10.6. The van der Waals surface area contributed by atoms with E-state index in [4.69, 9.17) is 33.3 Å². The maximum atomic E-state index is 12.9. The molecule has 0 radical (unpaired) electrons. The van der Waals surface area contributed by atoms with E-state index in [2.05, 4.69) is 10.2 Å². The first-order chi connectivity index (χ1) is 15.8. The molecule has 0 bridgehead atoms. The molecule has 1 heterocycles. The van der Waals surface area contributed by atoms with Crippen molar-refractivity contribution in [2.45, 2.75) is 19.1 Å². The number of ether oxygens (including phenoxy) is 2. The lowest BCUT2D eigenvalue weighted by Gasteiger charge is -2.30. The summed E-state index contributed by atoms with van der Waals surface area (Å²) in [7, 11) is 1.61. The Kier molecular flexibility index (Phi) is 9.19. The minimum Gasteiger partial charge on any atom is -0.497 e. The molecule has 180 valence electrons. The number of rotatable bonds is 8. The lowest BCUT2D eigenvalue weighted by Crippen LogP contribution is -2.40. The number of halogens is 4. The van der Waals surface area contributed by atoms with E-state index >= 15 is 0 Å². The molecule has 3 rings (SSSR count). The summed E-state index contributed by atoms with van der Waals surface area (Å²) in [6.07, 6.45) is -3.58. The lowest BCUT2D eigenvalue weighted by atomic mass is 10.2. The molecule has 2 aromatic carbocycles. The van der Waals surface area contributed by atoms with Gasteiger partial charge in [-0.25, -0.2) is 0 Å². The van der Waals surface area contributed by atoms with E-state index in [1.54, 1.807) is 7.11 Å². The number of thiocarbonyl (C=S) groups is 1. The van der Waals surface area contributed by atoms with Gasteiger partial charge in [0.1, 0.15) is 5.75 Å². The maximum Gasteiger partial charge on any atom is 0.416 e. The Morgan fingerprint density at radius 2 is 1.88 bits per heavy atom. The lowest BCUT2D eigenvalue weighted by molar-refractivity contribution is -0.137. The predicted molar refractivity (Wildman–Crippen MR) is 128 cm³/mol. The van der Waals surface area contributed by atoms with Crippen LogP contribution in [0, 0.1) is 0 Å². The molecule has 1 saturated heterocycles. The second-order valence-corrected chi connectivity index (χ2v) is 8.49. The number of hydrogen-bond acceptors (Lipinski definition) is 4. The zero-order valence-corrected chi connectivity index (χ0v) is 19.9. The Morgan fingerprint density at radius 1 is 1.18 bits per heavy atom. The number of hydrogen-bond donors (Lipinski definition) is 1. The first-order valence-corrected chi connectivity index (χ1v) is 11.4. The Balaban J connectivity index is 1.68. The number of anilines is 1. The normalized spacial score (nSPS) is 14.7. The molecule has 0 amide bonds. The summed E-state index contributed by atoms with van der Waals surface area (Å²) >= 11 is 11.7. The maximum absolute atomic E-state index is 12.9. The van der Waals surface area contributed by atoms with E-state index in [9.17, 15) is 13.2 Å². The number of methoxy groups -OCH3 is 1. The van der Waals surface area contributed by atoms with Crippen molar-refractivity contribution in [2.24, 2.45) is 0 Å². The molecule has 33 heavy (non-hydrogen) atoms. The van der Waals surface area contributed by atoms with Gasteiger partial charge in [-0.15, -0.1) is 0 Å². The van der Waals surface area contributed by atoms with Gasteiger partial charge in [-0.1, -0.05) is 23.7 Å². The summed E-state index contributed by atoms with van der Waals surface area (Å²) in [5.74, 6) is 0.759. The molecule has 0 aliphatic carbocycles. The van der Waals surface area contributed by atoms with E-state index in [1.165, 1.54) is 6.07 Å². The van der Waals surface area contributed by atoms with Gasteiger partial charge in [0.05, 0.1) is 36.6 Å². The highest BCUT2D eigenvalue weighted by atomic mass is 35.5. The second kappa shape index (κ2) is 11.9. The zero-order chi connectivity index (χ0) is 23.8. The number of benzene rings is 2. The average molecular weight is 502 g/mol. The fourth-order valence-electron chi connectivity index (χ4n) is 3.50. The number of alkyl halides is 3. The van der Waals surface area contributed by atoms with Gasteiger partial charge in [-0.3, -0.25) is 4.90 Å². The Labute approximate surface area is 202 Å². The van der Waals surface area contributed by atoms with Gasteiger partial charge in [-0.05, 0) is 54.5 Å². The summed E-state index contributed by atoms with van der Waals surface area (Å²) in [5, 5.41) is 3.38. The van der Waals surface area contributed by atoms with Crippen LogP contribution in [0.15, 0.2) is 42.5 Å². The van der Waals surface area contributed by atoms with Gasteiger partial charge in [0, 0.05) is 32.7 Å². The van der Waals surface area contributed by atoms with Crippen LogP contribution in [0.2, 0.25) is 5.02 Å². The number of morpholine rings is 1. The fourth-order valence-corrected chi connectivity index (χ4v) is 3.99. The van der Waals surface area contributed by atoms with Gasteiger partial charge >= 0.3 is 6.18 Å². The molecule has 0 atom stereocenters. The van der Waals surface area contributed by atoms with Gasteiger partial charge < -0.3 is 19.7 Å². The van der Waals surface area contributed by atoms with Crippen molar-refractivity contribution in [2.75, 3.05) is 51.8 Å². The third-order valence-electron chi connectivity index (χ3n) is 5.36. The highest BCUT2D eigenvalue weighted by molar-refractivity contribution is 7.80. The third kappa shape index (κ3) is 7.74. The van der Waals surface area contributed by atoms with Gasteiger partial charge in [0.25, 0.3) is 0 Å². The molecule has 2 aromatic rings. The Morgan fingerprint density at radius 3 is 2.48 bits per heavy atom. The highest BCUT2D eigenvalue weighted by Crippen LogP contribution is 2.34. The molecule has 0 saturated carbocycles. The molecule has 1 aliphatic heterocycles. The minimum absolute atomic E-state index is 0.0371. The molecule has 0 aromatic heterocycles. The van der Waals surface area contributed by atoms with E-state index in [0.29, 0.717) is 23.9 Å². The van der Waals surface area contributed by atoms with Gasteiger partial charge in [0.15, 0.2) is 5.11 Å². The fraction of sp³-hybridized carbons (Fsp3) is 0.435. The van der Waals surface area contributed by atoms with Gasteiger partial charge in [0.2, 0.25) is 0 Å². The molecule has 0 spiro atoms. The Hall–Kier alpha value is -2.07. The third-order valence-corrected chi connectivity index (χ3v) is 6.04. The molecule has 1 N–H and O–H groups in total. The SMILES string of the molecule is COc1ccc(CN(CCCN2CCOCC2)C(=S)Nc2ccc(C(F)(F)F)cc2Cl)cc1. The summed E-state index contributed by atoms with van der Waals surface area (Å²) in [5.41, 5.74) is 0.567. The van der Waals surface area contributed by atoms with Crippen molar-refractivity contribution in [3.05, 3.63) is 58.6 Å². The standard InChI is InChI=1S/C23H27ClF3N3O2S/c1-31-19-6-3-17(4-7-19)16-30(10-2-9-29-11-13-32-14-12-29)22(33)28-21-8-5-18(15-20(21)24)23(25,26)27/h3-8,15H,2,9-14,16H2,1H3,(H,28,33). The predicted octanol–water partition coefficient (Wildman–Crippen LogP) is 5.29. The molecule has 5 nitrogen and oxygen atoms in total. The molecular formula is C23H27ClF3N3O2S. The van der Waals surface area contributed by atoms with Gasteiger partial charge in [-0.2, -0.15) is 13.2 Å². The van der Waals surface area contributed by atoms with Crippen LogP contribution in [0.25, 0.3) is 0 Å². The molecular weight excluding hydrogens is 475 g/mol. The van der Waals surface area contributed by atoms with Crippen LogP contribution in [0.4, 0.5) is 18.9 Å². The van der Waals surface area contributed by atoms with Crippen molar-refractivity contribution in [1.82, 2.24) is 9.80 Å². The van der Waals surface area contributed by atoms with E-state index in [0.717, 1.165) is 62.7 Å². The summed E-state index contributed by atoms with van der Waals surface area (Å²) in [6, 6.07) is 10.9. The summed E-state index contributed by atoms with van der Waals surface area (Å²) in [4.78, 5) is 4.34. The van der Waals surface area contributed by atoms with Crippen molar-refractivity contribution in [1.29, 1.82) is 0 Å². The topological polar surface area (TPSA) is 37.0 Å². The minimum atomic E-state index is -4.46. The van der Waals surface area contributed by atoms with E-state index < -0.39 is 11.7 Å². The van der Waals surface area contributed by atoms with Crippen molar-refractivity contribution in [3.8, 4) is 5.75 Å². The first kappa shape index (κ1) is 25.6. The number of nitrogens with one attached hydrogen (secondary N) is 1. The molecule has 10 heteroatoms. The monoisotopic (exact) mass is 501 g/mol. The second-order valence-electron chi connectivity index (χ2n) is 7.70. The molecule has 0 unspecified atom stereocenters. The van der Waals surface area contributed by atoms with Crippen LogP contribution < -0.4 is 10.1 Å². The van der Waals surface area contributed by atoms with Crippen molar-refractivity contribution >= 4 is 34.6 Å². The van der Waals surface area contributed by atoms with E-state index in [1.807, 2.05) is 29.2 Å².